The molecule has 0 aliphatic rings. The van der Waals surface area contributed by atoms with Crippen LogP contribution in [0.25, 0.3) is 0 Å². The smallest absolute Gasteiger partial charge is 0.255 e. The van der Waals surface area contributed by atoms with E-state index in [0.29, 0.717) is 11.3 Å². The number of hydrogen-bond acceptors (Lipinski definition) is 3. The van der Waals surface area contributed by atoms with Gasteiger partial charge in [0, 0.05) is 24.0 Å². The first-order valence-corrected chi connectivity index (χ1v) is 5.93. The quantitative estimate of drug-likeness (QED) is 0.900. The van der Waals surface area contributed by atoms with Crippen molar-refractivity contribution in [2.24, 2.45) is 0 Å². The molecule has 0 atom stereocenters. The van der Waals surface area contributed by atoms with Crippen molar-refractivity contribution >= 4 is 17.3 Å². The Kier molecular flexibility index (Phi) is 3.96. The molecule has 0 saturated heterocycles. The van der Waals surface area contributed by atoms with Crippen molar-refractivity contribution in [3.63, 3.8) is 0 Å². The Labute approximate surface area is 115 Å². The molecule has 0 fully saturated rings. The minimum absolute atomic E-state index is 0.103. The molecule has 2 rings (SSSR count). The first kappa shape index (κ1) is 13.6. The molecule has 5 heteroatoms. The number of nitrogens with zero attached hydrogens (tertiary/aromatic N) is 1. The highest BCUT2D eigenvalue weighted by Gasteiger charge is 2.08. The van der Waals surface area contributed by atoms with Crippen molar-refractivity contribution in [2.75, 3.05) is 17.7 Å². The minimum atomic E-state index is -0.608. The van der Waals surface area contributed by atoms with Gasteiger partial charge >= 0.3 is 0 Å². The van der Waals surface area contributed by atoms with Gasteiger partial charge in [0.2, 0.25) is 0 Å². The third-order valence-corrected chi connectivity index (χ3v) is 2.78. The van der Waals surface area contributed by atoms with Gasteiger partial charge in [-0.3, -0.25) is 4.79 Å². The maximum absolute atomic E-state index is 13.2. The van der Waals surface area contributed by atoms with Gasteiger partial charge < -0.3 is 10.6 Å². The maximum Gasteiger partial charge on any atom is 0.255 e. The van der Waals surface area contributed by atoms with E-state index in [1.165, 1.54) is 12.1 Å². The summed E-state index contributed by atoms with van der Waals surface area (Å²) in [5.41, 5.74) is 1.65. The van der Waals surface area contributed by atoms with Gasteiger partial charge in [-0.2, -0.15) is 5.26 Å². The van der Waals surface area contributed by atoms with Crippen LogP contribution in [0.15, 0.2) is 42.5 Å². The van der Waals surface area contributed by atoms with Gasteiger partial charge in [-0.25, -0.2) is 4.39 Å². The van der Waals surface area contributed by atoms with Crippen molar-refractivity contribution in [1.29, 1.82) is 5.26 Å². The third kappa shape index (κ3) is 2.93. The number of benzene rings is 2. The van der Waals surface area contributed by atoms with Gasteiger partial charge in [-0.15, -0.1) is 0 Å². The molecule has 4 nitrogen and oxygen atoms in total. The summed E-state index contributed by atoms with van der Waals surface area (Å²) >= 11 is 0. The van der Waals surface area contributed by atoms with Gasteiger partial charge in [0.15, 0.2) is 0 Å². The zero-order chi connectivity index (χ0) is 14.5. The molecule has 2 N–H and O–H groups in total. The molecule has 0 heterocycles. The van der Waals surface area contributed by atoms with E-state index in [9.17, 15) is 9.18 Å². The van der Waals surface area contributed by atoms with Crippen LogP contribution in [-0.2, 0) is 0 Å². The molecule has 0 unspecified atom stereocenters. The molecule has 0 saturated carbocycles. The van der Waals surface area contributed by atoms with Gasteiger partial charge in [0.25, 0.3) is 5.91 Å². The topological polar surface area (TPSA) is 64.9 Å². The fraction of sp³-hybridized carbons (Fsp3) is 0.0667. The fourth-order valence-electron chi connectivity index (χ4n) is 1.68. The van der Waals surface area contributed by atoms with Crippen molar-refractivity contribution in [1.82, 2.24) is 0 Å². The Morgan fingerprint density at radius 2 is 1.80 bits per heavy atom. The number of halogens is 1. The summed E-state index contributed by atoms with van der Waals surface area (Å²) in [7, 11) is 1.79. The van der Waals surface area contributed by atoms with Crippen molar-refractivity contribution < 1.29 is 9.18 Å². The van der Waals surface area contributed by atoms with Crippen LogP contribution in [0.5, 0.6) is 0 Å². The van der Waals surface area contributed by atoms with Crippen LogP contribution < -0.4 is 10.6 Å². The van der Waals surface area contributed by atoms with Gasteiger partial charge in [-0.1, -0.05) is 0 Å². The molecular formula is C15H12FN3O. The Hall–Kier alpha value is -2.87. The second kappa shape index (κ2) is 5.85. The van der Waals surface area contributed by atoms with Crippen LogP contribution >= 0.6 is 0 Å². The summed E-state index contributed by atoms with van der Waals surface area (Å²) in [6, 6.07) is 12.5. The number of rotatable bonds is 3. The van der Waals surface area contributed by atoms with E-state index in [-0.39, 0.29) is 11.5 Å². The van der Waals surface area contributed by atoms with Crippen LogP contribution in [0.4, 0.5) is 15.8 Å². The molecule has 2 aromatic carbocycles. The van der Waals surface area contributed by atoms with E-state index < -0.39 is 5.82 Å². The Bertz CT molecular complexity index is 675. The van der Waals surface area contributed by atoms with Gasteiger partial charge in [0.05, 0.1) is 5.56 Å². The standard InChI is InChI=1S/C15H12FN3O/c1-18-12-4-2-10(3-5-12)15(20)19-13-6-7-14(16)11(8-13)9-17/h2-8,18H,1H3,(H,19,20). The summed E-state index contributed by atoms with van der Waals surface area (Å²) in [4.78, 5) is 12.0. The van der Waals surface area contributed by atoms with E-state index in [0.717, 1.165) is 11.8 Å². The minimum Gasteiger partial charge on any atom is -0.388 e. The van der Waals surface area contributed by atoms with Crippen LogP contribution in [-0.4, -0.2) is 13.0 Å². The summed E-state index contributed by atoms with van der Waals surface area (Å²) < 4.78 is 13.2. The monoisotopic (exact) mass is 269 g/mol. The van der Waals surface area contributed by atoms with Crippen molar-refractivity contribution in [3.05, 3.63) is 59.4 Å². The van der Waals surface area contributed by atoms with Crippen molar-refractivity contribution in [2.45, 2.75) is 0 Å². The summed E-state index contributed by atoms with van der Waals surface area (Å²) in [5, 5.41) is 14.3. The first-order valence-electron chi connectivity index (χ1n) is 5.93. The number of amides is 1. The Balaban J connectivity index is 2.17. The van der Waals surface area contributed by atoms with Crippen LogP contribution in [0, 0.1) is 17.1 Å². The number of carbonyl (C=O) groups is 1. The SMILES string of the molecule is CNc1ccc(C(=O)Nc2ccc(F)c(C#N)c2)cc1. The van der Waals surface area contributed by atoms with Crippen molar-refractivity contribution in [3.8, 4) is 6.07 Å². The lowest BCUT2D eigenvalue weighted by Gasteiger charge is -2.07. The fourth-order valence-corrected chi connectivity index (χ4v) is 1.68. The first-order chi connectivity index (χ1) is 9.63. The van der Waals surface area contributed by atoms with Crippen LogP contribution in [0.2, 0.25) is 0 Å². The summed E-state index contributed by atoms with van der Waals surface area (Å²) in [6.07, 6.45) is 0. The van der Waals surface area contributed by atoms with Crippen LogP contribution in [0.1, 0.15) is 15.9 Å². The van der Waals surface area contributed by atoms with E-state index in [2.05, 4.69) is 10.6 Å². The Morgan fingerprint density at radius 3 is 2.40 bits per heavy atom. The lowest BCUT2D eigenvalue weighted by atomic mass is 10.1. The lowest BCUT2D eigenvalue weighted by molar-refractivity contribution is 0.102. The molecule has 0 bridgehead atoms. The predicted octanol–water partition coefficient (Wildman–Crippen LogP) is 2.99. The zero-order valence-corrected chi connectivity index (χ0v) is 10.8. The highest BCUT2D eigenvalue weighted by molar-refractivity contribution is 6.04. The number of nitriles is 1. The largest absolute Gasteiger partial charge is 0.388 e. The normalized spacial score (nSPS) is 9.65. The molecular weight excluding hydrogens is 257 g/mol. The Morgan fingerprint density at radius 1 is 1.15 bits per heavy atom. The lowest BCUT2D eigenvalue weighted by Crippen LogP contribution is -2.12. The third-order valence-electron chi connectivity index (χ3n) is 2.78. The highest BCUT2D eigenvalue weighted by Crippen LogP contribution is 2.16. The second-order valence-corrected chi connectivity index (χ2v) is 4.09. The van der Waals surface area contributed by atoms with E-state index in [4.69, 9.17) is 5.26 Å². The molecule has 0 aromatic heterocycles. The molecule has 0 aliphatic heterocycles. The van der Waals surface area contributed by atoms with E-state index in [1.54, 1.807) is 37.4 Å². The van der Waals surface area contributed by atoms with Gasteiger partial charge in [0.1, 0.15) is 11.9 Å². The second-order valence-electron chi connectivity index (χ2n) is 4.09. The average molecular weight is 269 g/mol. The number of anilines is 2. The van der Waals surface area contributed by atoms with Crippen LogP contribution in [0.3, 0.4) is 0 Å². The van der Waals surface area contributed by atoms with Gasteiger partial charge in [-0.05, 0) is 42.5 Å². The van der Waals surface area contributed by atoms with E-state index in [1.807, 2.05) is 0 Å². The predicted molar refractivity (Wildman–Crippen MR) is 75.1 cm³/mol. The maximum atomic E-state index is 13.2. The number of carbonyl (C=O) groups excluding carboxylic acids is 1. The zero-order valence-electron chi connectivity index (χ0n) is 10.8. The highest BCUT2D eigenvalue weighted by atomic mass is 19.1. The molecule has 2 aromatic rings. The molecule has 100 valence electrons. The molecule has 0 aliphatic carbocycles. The molecule has 0 spiro atoms. The number of nitrogens with one attached hydrogen (secondary N) is 2. The van der Waals surface area contributed by atoms with E-state index >= 15 is 0 Å². The molecule has 0 radical (unpaired) electrons. The molecule has 20 heavy (non-hydrogen) atoms. The molecule has 1 amide bonds. The number of hydrogen-bond donors (Lipinski definition) is 2. The average Bonchev–Trinajstić information content (AvgIpc) is 2.49. The summed E-state index contributed by atoms with van der Waals surface area (Å²) in [6.45, 7) is 0. The summed E-state index contributed by atoms with van der Waals surface area (Å²) in [5.74, 6) is -0.924.